The molecule has 0 unspecified atom stereocenters. The van der Waals surface area contributed by atoms with Crippen LogP contribution in [0.5, 0.6) is 0 Å². The van der Waals surface area contributed by atoms with Crippen molar-refractivity contribution in [3.8, 4) is 0 Å². The molecule has 0 radical (unpaired) electrons. The van der Waals surface area contributed by atoms with E-state index in [4.69, 9.17) is 9.11 Å². The van der Waals surface area contributed by atoms with E-state index < -0.39 is 40.3 Å². The molecule has 0 amide bonds. The number of nitro groups is 1. The summed E-state index contributed by atoms with van der Waals surface area (Å²) in [4.78, 5) is 10.6. The molecule has 11 nitrogen and oxygen atoms in total. The zero-order chi connectivity index (χ0) is 14.8. The molecule has 0 aliphatic rings. The van der Waals surface area contributed by atoms with Gasteiger partial charge >= 0.3 is 20.6 Å². The second-order valence-electron chi connectivity index (χ2n) is 2.99. The van der Waals surface area contributed by atoms with Crippen LogP contribution in [0.25, 0.3) is 0 Å². The van der Waals surface area contributed by atoms with E-state index in [1.165, 1.54) is 18.2 Å². The molecule has 0 saturated heterocycles. The first-order valence-corrected chi connectivity index (χ1v) is 7.09. The third kappa shape index (κ3) is 3.50. The number of rotatable bonds is 5. The van der Waals surface area contributed by atoms with Gasteiger partial charge in [0.05, 0.1) is 5.69 Å². The lowest BCUT2D eigenvalue weighted by Crippen LogP contribution is -2.52. The molecular weight excluding hydrogens is 306 g/mol. The lowest BCUT2D eigenvalue weighted by atomic mass is 10.3. The summed E-state index contributed by atoms with van der Waals surface area (Å²) >= 11 is 0. The van der Waals surface area contributed by atoms with E-state index in [1.807, 2.05) is 0 Å². The van der Waals surface area contributed by atoms with Gasteiger partial charge in [0.25, 0.3) is 0 Å². The lowest BCUT2D eigenvalue weighted by molar-refractivity contribution is -0.620. The molecule has 0 aliphatic heterocycles. The maximum atomic E-state index is 11.1. The van der Waals surface area contributed by atoms with Crippen molar-refractivity contribution in [2.75, 3.05) is 4.41 Å². The van der Waals surface area contributed by atoms with Crippen molar-refractivity contribution in [1.82, 2.24) is 4.52 Å². The molecule has 1 aromatic rings. The summed E-state index contributed by atoms with van der Waals surface area (Å²) in [5.74, 6) is 0. The molecule has 1 aromatic carbocycles. The van der Waals surface area contributed by atoms with Gasteiger partial charge < -0.3 is 0 Å². The highest BCUT2D eigenvalue weighted by atomic mass is 32.2. The first-order valence-electron chi connectivity index (χ1n) is 4.30. The highest BCUT2D eigenvalue weighted by Gasteiger charge is 2.43. The lowest BCUT2D eigenvalue weighted by Gasteiger charge is -2.22. The minimum atomic E-state index is -5.57. The number of hydrazine groups is 2. The van der Waals surface area contributed by atoms with E-state index in [-0.39, 0.29) is 0 Å². The number of hydrogen-bond acceptors (Lipinski definition) is 6. The fourth-order valence-corrected chi connectivity index (χ4v) is 2.70. The normalized spacial score (nSPS) is 11.9. The number of anilines is 1. The van der Waals surface area contributed by atoms with Crippen LogP contribution < -0.4 is 4.41 Å². The van der Waals surface area contributed by atoms with Gasteiger partial charge in [-0.25, -0.2) is 10.1 Å². The van der Waals surface area contributed by atoms with Crippen molar-refractivity contribution in [3.63, 3.8) is 0 Å². The third-order valence-corrected chi connectivity index (χ3v) is 3.31. The fraction of sp³-hybridized carbons (Fsp3) is 0. The Bertz CT molecular complexity index is 670. The molecule has 0 aliphatic carbocycles. The zero-order valence-corrected chi connectivity index (χ0v) is 10.5. The van der Waals surface area contributed by atoms with Gasteiger partial charge in [0.15, 0.2) is 0 Å². The zero-order valence-electron chi connectivity index (χ0n) is 8.89. The summed E-state index contributed by atoms with van der Waals surface area (Å²) in [6, 6.07) is 5.81. The number of benzene rings is 1. The summed E-state index contributed by atoms with van der Waals surface area (Å²) in [6.07, 6.45) is 0. The molecule has 0 aromatic heterocycles. The Balaban J connectivity index is 3.54. The van der Waals surface area contributed by atoms with Gasteiger partial charge in [0, 0.05) is 0 Å². The maximum Gasteiger partial charge on any atom is 0.431 e. The standard InChI is InChI=1S/C6H7N3O8S2/c10-9(11)8(19(15,16)17)7(18(12,13)14)6-4-2-1-3-5-6/h1-5H,(H,12,13,14)(H,15,16,17). The van der Waals surface area contributed by atoms with Crippen molar-refractivity contribution in [1.29, 1.82) is 0 Å². The second-order valence-corrected chi connectivity index (χ2v) is 5.46. The largest absolute Gasteiger partial charge is 0.431 e. The summed E-state index contributed by atoms with van der Waals surface area (Å²) in [7, 11) is -10.9. The molecule has 0 heterocycles. The molecule has 0 bridgehead atoms. The Morgan fingerprint density at radius 1 is 1.00 bits per heavy atom. The van der Waals surface area contributed by atoms with Crippen LogP contribution in [0.3, 0.4) is 0 Å². The molecular formula is C6H7N3O8S2. The van der Waals surface area contributed by atoms with E-state index in [9.17, 15) is 26.9 Å². The predicted molar refractivity (Wildman–Crippen MR) is 60.9 cm³/mol. The SMILES string of the molecule is O=[N+]([O-])N(N(c1ccccc1)S(=O)(=O)O)S(=O)(=O)O. The van der Waals surface area contributed by atoms with Gasteiger partial charge in [0.2, 0.25) is 5.03 Å². The van der Waals surface area contributed by atoms with Crippen molar-refractivity contribution < 1.29 is 31.0 Å². The van der Waals surface area contributed by atoms with Crippen LogP contribution in [0.15, 0.2) is 30.3 Å². The molecule has 13 heteroatoms. The van der Waals surface area contributed by atoms with Crippen LogP contribution in [0.2, 0.25) is 0 Å². The minimum absolute atomic E-state index is 0.570. The minimum Gasteiger partial charge on any atom is -0.268 e. The Hall–Kier alpha value is -1.96. The smallest absolute Gasteiger partial charge is 0.268 e. The second kappa shape index (κ2) is 4.96. The predicted octanol–water partition coefficient (Wildman–Crippen LogP) is -0.493. The van der Waals surface area contributed by atoms with Crippen LogP contribution in [-0.2, 0) is 20.6 Å². The molecule has 2 N–H and O–H groups in total. The quantitative estimate of drug-likeness (QED) is 0.418. The van der Waals surface area contributed by atoms with Crippen LogP contribution >= 0.6 is 0 Å². The number of hydrogen-bond donors (Lipinski definition) is 2. The average molecular weight is 313 g/mol. The van der Waals surface area contributed by atoms with Crippen LogP contribution in [0.4, 0.5) is 5.69 Å². The first-order chi connectivity index (χ1) is 8.55. The topological polar surface area (TPSA) is 158 Å². The molecule has 106 valence electrons. The Labute approximate surface area is 107 Å². The van der Waals surface area contributed by atoms with Gasteiger partial charge in [0.1, 0.15) is 4.52 Å². The van der Waals surface area contributed by atoms with Crippen molar-refractivity contribution in [2.24, 2.45) is 0 Å². The Kier molecular flexibility index (Phi) is 3.94. The van der Waals surface area contributed by atoms with E-state index in [0.29, 0.717) is 0 Å². The van der Waals surface area contributed by atoms with Gasteiger partial charge in [-0.05, 0) is 12.1 Å². The Morgan fingerprint density at radius 2 is 1.47 bits per heavy atom. The van der Waals surface area contributed by atoms with Crippen LogP contribution in [0.1, 0.15) is 0 Å². The molecule has 0 fully saturated rings. The van der Waals surface area contributed by atoms with Gasteiger partial charge in [-0.3, -0.25) is 9.11 Å². The summed E-state index contributed by atoms with van der Waals surface area (Å²) in [6.45, 7) is 0. The third-order valence-electron chi connectivity index (χ3n) is 1.70. The van der Waals surface area contributed by atoms with Crippen molar-refractivity contribution in [2.45, 2.75) is 0 Å². The highest BCUT2D eigenvalue weighted by molar-refractivity contribution is 7.89. The fourth-order valence-electron chi connectivity index (χ4n) is 1.12. The monoisotopic (exact) mass is 313 g/mol. The maximum absolute atomic E-state index is 11.1. The van der Waals surface area contributed by atoms with Gasteiger partial charge in [-0.2, -0.15) is 16.8 Å². The molecule has 0 saturated carbocycles. The van der Waals surface area contributed by atoms with E-state index in [2.05, 4.69) is 0 Å². The highest BCUT2D eigenvalue weighted by Crippen LogP contribution is 2.21. The first kappa shape index (κ1) is 15.1. The Morgan fingerprint density at radius 3 is 1.79 bits per heavy atom. The van der Waals surface area contributed by atoms with Gasteiger partial charge in [-0.1, -0.05) is 22.6 Å². The average Bonchev–Trinajstić information content (AvgIpc) is 2.23. The van der Waals surface area contributed by atoms with Crippen LogP contribution in [-0.4, -0.2) is 35.5 Å². The van der Waals surface area contributed by atoms with E-state index >= 15 is 0 Å². The van der Waals surface area contributed by atoms with Gasteiger partial charge in [-0.15, -0.1) is 0 Å². The summed E-state index contributed by atoms with van der Waals surface area (Å²) in [5, 5.41) is 8.86. The van der Waals surface area contributed by atoms with Crippen LogP contribution in [0, 0.1) is 10.1 Å². The number of para-hydroxylation sites is 1. The van der Waals surface area contributed by atoms with E-state index in [1.54, 1.807) is 0 Å². The molecule has 0 spiro atoms. The summed E-state index contributed by atoms with van der Waals surface area (Å²) < 4.78 is 59.8. The molecule has 19 heavy (non-hydrogen) atoms. The van der Waals surface area contributed by atoms with E-state index in [0.717, 1.165) is 12.1 Å². The molecule has 0 atom stereocenters. The summed E-state index contributed by atoms with van der Waals surface area (Å²) in [5.41, 5.74) is -0.570. The number of nitrogens with zero attached hydrogens (tertiary/aromatic N) is 3. The van der Waals surface area contributed by atoms with Crippen molar-refractivity contribution >= 4 is 26.3 Å². The molecule has 1 rings (SSSR count). The van der Waals surface area contributed by atoms with Crippen molar-refractivity contribution in [3.05, 3.63) is 40.4 Å².